The molecule has 0 aromatic heterocycles. The highest BCUT2D eigenvalue weighted by Gasteiger charge is 2.21. The van der Waals surface area contributed by atoms with Crippen molar-refractivity contribution >= 4 is 18.0 Å². The summed E-state index contributed by atoms with van der Waals surface area (Å²) in [5.74, 6) is -0.647. The molecule has 5 heteroatoms. The highest BCUT2D eigenvalue weighted by Crippen LogP contribution is 2.15. The lowest BCUT2D eigenvalue weighted by Gasteiger charge is -2.14. The minimum atomic E-state index is -0.417. The Morgan fingerprint density at radius 3 is 2.38 bits per heavy atom. The van der Waals surface area contributed by atoms with E-state index in [0.717, 1.165) is 12.8 Å². The van der Waals surface area contributed by atoms with Crippen LogP contribution >= 0.6 is 0 Å². The summed E-state index contributed by atoms with van der Waals surface area (Å²) in [6.07, 6.45) is 3.51. The van der Waals surface area contributed by atoms with Crippen LogP contribution in [0.25, 0.3) is 6.08 Å². The van der Waals surface area contributed by atoms with Crippen LogP contribution in [0, 0.1) is 11.3 Å². The fraction of sp³-hybridized carbons (Fsp3) is 0.312. The molecule has 1 saturated heterocycles. The summed E-state index contributed by atoms with van der Waals surface area (Å²) in [5, 5.41) is 9.16. The Kier molecular flexibility index (Phi) is 4.72. The van der Waals surface area contributed by atoms with Gasteiger partial charge in [-0.1, -0.05) is 12.1 Å². The van der Waals surface area contributed by atoms with Crippen LogP contribution in [0.3, 0.4) is 0 Å². The van der Waals surface area contributed by atoms with E-state index in [9.17, 15) is 9.59 Å². The maximum absolute atomic E-state index is 12.2. The number of nitrogens with zero attached hydrogens (tertiary/aromatic N) is 2. The van der Waals surface area contributed by atoms with Gasteiger partial charge in [-0.25, -0.2) is 4.79 Å². The van der Waals surface area contributed by atoms with Crippen molar-refractivity contribution in [3.05, 3.63) is 41.0 Å². The number of hydrogen-bond acceptors (Lipinski definition) is 4. The number of nitriles is 1. The van der Waals surface area contributed by atoms with Gasteiger partial charge in [-0.3, -0.25) is 4.79 Å². The van der Waals surface area contributed by atoms with Crippen LogP contribution in [0.4, 0.5) is 0 Å². The molecule has 1 heterocycles. The zero-order chi connectivity index (χ0) is 15.2. The molecule has 0 radical (unpaired) electrons. The van der Waals surface area contributed by atoms with Gasteiger partial charge in [0.1, 0.15) is 11.6 Å². The summed E-state index contributed by atoms with van der Waals surface area (Å²) in [5.41, 5.74) is 1.24. The number of rotatable bonds is 3. The number of ether oxygens (including phenoxy) is 1. The molecule has 5 nitrogen and oxygen atoms in total. The standard InChI is InChI=1S/C16H16N2O3/c1-21-16(20)13-6-4-12(5-7-13)10-14(11-17)15(19)18-8-2-3-9-18/h4-7,10H,2-3,8-9H2,1H3/b14-10-. The molecule has 1 aromatic rings. The summed E-state index contributed by atoms with van der Waals surface area (Å²) in [4.78, 5) is 25.2. The smallest absolute Gasteiger partial charge is 0.337 e. The third kappa shape index (κ3) is 3.48. The van der Waals surface area contributed by atoms with Gasteiger partial charge < -0.3 is 9.64 Å². The lowest BCUT2D eigenvalue weighted by Crippen LogP contribution is -2.28. The number of benzene rings is 1. The lowest BCUT2D eigenvalue weighted by molar-refractivity contribution is -0.125. The van der Waals surface area contributed by atoms with E-state index in [1.54, 1.807) is 35.2 Å². The number of carbonyl (C=O) groups excluding carboxylic acids is 2. The van der Waals surface area contributed by atoms with Crippen LogP contribution in [-0.4, -0.2) is 37.0 Å². The Labute approximate surface area is 123 Å². The summed E-state index contributed by atoms with van der Waals surface area (Å²) in [7, 11) is 1.32. The summed E-state index contributed by atoms with van der Waals surface area (Å²) in [6.45, 7) is 1.41. The molecule has 1 aliphatic rings. The first-order chi connectivity index (χ1) is 10.2. The van der Waals surface area contributed by atoms with Gasteiger partial charge in [-0.15, -0.1) is 0 Å². The number of likely N-dealkylation sites (tertiary alicyclic amines) is 1. The van der Waals surface area contributed by atoms with E-state index in [1.165, 1.54) is 7.11 Å². The van der Waals surface area contributed by atoms with E-state index in [0.29, 0.717) is 24.2 Å². The van der Waals surface area contributed by atoms with Crippen molar-refractivity contribution in [1.82, 2.24) is 4.90 Å². The molecular weight excluding hydrogens is 268 g/mol. The Morgan fingerprint density at radius 1 is 1.24 bits per heavy atom. The average Bonchev–Trinajstić information content (AvgIpc) is 3.06. The minimum Gasteiger partial charge on any atom is -0.465 e. The first-order valence-corrected chi connectivity index (χ1v) is 6.75. The minimum absolute atomic E-state index is 0.114. The third-order valence-corrected chi connectivity index (χ3v) is 3.39. The van der Waals surface area contributed by atoms with Crippen molar-refractivity contribution in [1.29, 1.82) is 5.26 Å². The molecule has 1 aliphatic heterocycles. The molecule has 1 amide bonds. The number of esters is 1. The molecule has 0 bridgehead atoms. The molecule has 0 aliphatic carbocycles. The zero-order valence-corrected chi connectivity index (χ0v) is 11.8. The van der Waals surface area contributed by atoms with Gasteiger partial charge in [0.05, 0.1) is 12.7 Å². The van der Waals surface area contributed by atoms with Crippen molar-refractivity contribution in [2.75, 3.05) is 20.2 Å². The van der Waals surface area contributed by atoms with Gasteiger partial charge in [0, 0.05) is 13.1 Å². The van der Waals surface area contributed by atoms with E-state index in [-0.39, 0.29) is 11.5 Å². The second-order valence-electron chi connectivity index (χ2n) is 4.78. The quantitative estimate of drug-likeness (QED) is 0.483. The Bertz CT molecular complexity index is 605. The molecule has 108 valence electrons. The third-order valence-electron chi connectivity index (χ3n) is 3.39. The number of methoxy groups -OCH3 is 1. The first kappa shape index (κ1) is 14.8. The number of carbonyl (C=O) groups is 2. The Hall–Kier alpha value is -2.61. The van der Waals surface area contributed by atoms with Crippen molar-refractivity contribution in [2.45, 2.75) is 12.8 Å². The lowest BCUT2D eigenvalue weighted by atomic mass is 10.1. The van der Waals surface area contributed by atoms with Gasteiger partial charge in [0.15, 0.2) is 0 Å². The number of amides is 1. The SMILES string of the molecule is COC(=O)c1ccc(/C=C(/C#N)C(=O)N2CCCC2)cc1. The van der Waals surface area contributed by atoms with Crippen molar-refractivity contribution in [3.8, 4) is 6.07 Å². The summed E-state index contributed by atoms with van der Waals surface area (Å²) < 4.78 is 4.62. The van der Waals surface area contributed by atoms with E-state index in [2.05, 4.69) is 4.74 Å². The Morgan fingerprint density at radius 2 is 1.86 bits per heavy atom. The van der Waals surface area contributed by atoms with Gasteiger partial charge in [0.2, 0.25) is 0 Å². The monoisotopic (exact) mass is 284 g/mol. The van der Waals surface area contributed by atoms with Crippen LogP contribution in [0.15, 0.2) is 29.8 Å². The number of hydrogen-bond donors (Lipinski definition) is 0. The van der Waals surface area contributed by atoms with E-state index >= 15 is 0 Å². The van der Waals surface area contributed by atoms with Crippen LogP contribution < -0.4 is 0 Å². The second kappa shape index (κ2) is 6.71. The normalized spacial score (nSPS) is 14.7. The zero-order valence-electron chi connectivity index (χ0n) is 11.8. The molecule has 1 fully saturated rings. The molecule has 0 unspecified atom stereocenters. The van der Waals surface area contributed by atoms with E-state index in [1.807, 2.05) is 6.07 Å². The van der Waals surface area contributed by atoms with Crippen molar-refractivity contribution in [2.24, 2.45) is 0 Å². The van der Waals surface area contributed by atoms with Gasteiger partial charge in [-0.2, -0.15) is 5.26 Å². The molecule has 0 N–H and O–H groups in total. The fourth-order valence-corrected chi connectivity index (χ4v) is 2.23. The summed E-state index contributed by atoms with van der Waals surface area (Å²) in [6, 6.07) is 8.53. The molecule has 0 spiro atoms. The molecule has 0 atom stereocenters. The van der Waals surface area contributed by atoms with Crippen LogP contribution in [0.5, 0.6) is 0 Å². The van der Waals surface area contributed by atoms with Gasteiger partial charge in [-0.05, 0) is 36.6 Å². The summed E-state index contributed by atoms with van der Waals surface area (Å²) >= 11 is 0. The van der Waals surface area contributed by atoms with Crippen LogP contribution in [0.1, 0.15) is 28.8 Å². The maximum atomic E-state index is 12.2. The predicted octanol–water partition coefficient (Wildman–Crippen LogP) is 2.00. The van der Waals surface area contributed by atoms with Gasteiger partial charge in [0.25, 0.3) is 5.91 Å². The van der Waals surface area contributed by atoms with Crippen molar-refractivity contribution < 1.29 is 14.3 Å². The fourth-order valence-electron chi connectivity index (χ4n) is 2.23. The highest BCUT2D eigenvalue weighted by molar-refractivity contribution is 6.01. The molecule has 0 saturated carbocycles. The molecular formula is C16H16N2O3. The maximum Gasteiger partial charge on any atom is 0.337 e. The largest absolute Gasteiger partial charge is 0.465 e. The first-order valence-electron chi connectivity index (χ1n) is 6.75. The molecule has 21 heavy (non-hydrogen) atoms. The van der Waals surface area contributed by atoms with E-state index in [4.69, 9.17) is 5.26 Å². The average molecular weight is 284 g/mol. The van der Waals surface area contributed by atoms with Crippen molar-refractivity contribution in [3.63, 3.8) is 0 Å². The molecule has 2 rings (SSSR count). The predicted molar refractivity (Wildman–Crippen MR) is 77.2 cm³/mol. The highest BCUT2D eigenvalue weighted by atomic mass is 16.5. The van der Waals surface area contributed by atoms with Crippen LogP contribution in [-0.2, 0) is 9.53 Å². The van der Waals surface area contributed by atoms with Gasteiger partial charge >= 0.3 is 5.97 Å². The Balaban J connectivity index is 2.18. The van der Waals surface area contributed by atoms with E-state index < -0.39 is 5.97 Å². The molecule has 1 aromatic carbocycles. The van der Waals surface area contributed by atoms with Crippen LogP contribution in [0.2, 0.25) is 0 Å². The second-order valence-corrected chi connectivity index (χ2v) is 4.78. The topological polar surface area (TPSA) is 70.4 Å².